The number of nitrogens with one attached hydrogen (secondary N) is 1. The lowest BCUT2D eigenvalue weighted by Gasteiger charge is -2.34. The maximum Gasteiger partial charge on any atom is 0.248 e. The van der Waals surface area contributed by atoms with Crippen molar-refractivity contribution in [1.82, 2.24) is 9.62 Å². The third-order valence-corrected chi connectivity index (χ3v) is 6.60. The van der Waals surface area contributed by atoms with Crippen LogP contribution in [0.3, 0.4) is 0 Å². The van der Waals surface area contributed by atoms with E-state index in [1.807, 2.05) is 6.92 Å². The number of carbonyl (C=O) groups is 1. The van der Waals surface area contributed by atoms with E-state index in [1.54, 1.807) is 35.6 Å². The molecule has 2 heterocycles. The minimum absolute atomic E-state index is 0.136. The first-order valence-corrected chi connectivity index (χ1v) is 9.33. The maximum atomic E-state index is 12.9. The van der Waals surface area contributed by atoms with Crippen molar-refractivity contribution in [2.24, 2.45) is 0 Å². The molecule has 1 aromatic carbocycles. The molecule has 2 aliphatic heterocycles. The zero-order valence-corrected chi connectivity index (χ0v) is 14.2. The normalized spacial score (nSPS) is 28.3. The summed E-state index contributed by atoms with van der Waals surface area (Å²) in [5.41, 5.74) is 1.03. The minimum Gasteiger partial charge on any atom is -0.363 e. The van der Waals surface area contributed by atoms with Gasteiger partial charge in [-0.15, -0.1) is 0 Å². The number of ether oxygens (including phenoxy) is 1. The number of hydrogen-bond donors (Lipinski definition) is 1. The smallest absolute Gasteiger partial charge is 0.248 e. The molecular weight excluding hydrogens is 316 g/mol. The zero-order valence-electron chi connectivity index (χ0n) is 13.4. The lowest BCUT2D eigenvalue weighted by Crippen LogP contribution is -2.48. The SMILES string of the molecule is CNC(=O)[C@@H]1CC[C@@H]2[C@@H](CCN2S(=O)(=O)c2ccc(C)cc2)O1. The van der Waals surface area contributed by atoms with Crippen LogP contribution in [0.2, 0.25) is 0 Å². The molecule has 0 radical (unpaired) electrons. The molecule has 0 unspecified atom stereocenters. The summed E-state index contributed by atoms with van der Waals surface area (Å²) in [5, 5.41) is 2.59. The molecule has 1 amide bonds. The fourth-order valence-electron chi connectivity index (χ4n) is 3.39. The first-order valence-electron chi connectivity index (χ1n) is 7.89. The molecule has 6 nitrogen and oxygen atoms in total. The number of hydrogen-bond acceptors (Lipinski definition) is 4. The summed E-state index contributed by atoms with van der Waals surface area (Å²) in [5.74, 6) is -0.136. The van der Waals surface area contributed by atoms with Crippen LogP contribution in [0.4, 0.5) is 0 Å². The van der Waals surface area contributed by atoms with E-state index in [-0.39, 0.29) is 18.1 Å². The first-order chi connectivity index (χ1) is 10.9. The molecule has 0 spiro atoms. The second-order valence-electron chi connectivity index (χ2n) is 6.14. The molecule has 2 fully saturated rings. The summed E-state index contributed by atoms with van der Waals surface area (Å²) >= 11 is 0. The topological polar surface area (TPSA) is 75.7 Å². The maximum absolute atomic E-state index is 12.9. The summed E-state index contributed by atoms with van der Waals surface area (Å²) in [6.07, 6.45) is 1.15. The summed E-state index contributed by atoms with van der Waals surface area (Å²) < 4.78 is 33.1. The standard InChI is InChI=1S/C16H22N2O4S/c1-11-3-5-12(6-4-11)23(20,21)18-10-9-14-13(18)7-8-15(22-14)16(19)17-2/h3-6,13-15H,7-10H2,1-2H3,(H,17,19)/t13-,14-,15+/m1/s1. The van der Waals surface area contributed by atoms with Crippen LogP contribution >= 0.6 is 0 Å². The quantitative estimate of drug-likeness (QED) is 0.894. The number of aryl methyl sites for hydroxylation is 1. The van der Waals surface area contributed by atoms with E-state index in [1.165, 1.54) is 0 Å². The highest BCUT2D eigenvalue weighted by molar-refractivity contribution is 7.89. The van der Waals surface area contributed by atoms with Gasteiger partial charge in [0.15, 0.2) is 0 Å². The molecule has 0 saturated carbocycles. The lowest BCUT2D eigenvalue weighted by molar-refractivity contribution is -0.142. The summed E-state index contributed by atoms with van der Waals surface area (Å²) in [4.78, 5) is 12.0. The fraction of sp³-hybridized carbons (Fsp3) is 0.562. The predicted molar refractivity (Wildman–Crippen MR) is 85.4 cm³/mol. The Kier molecular flexibility index (Phi) is 4.44. The van der Waals surface area contributed by atoms with Crippen LogP contribution in [-0.2, 0) is 19.6 Å². The Labute approximate surface area is 136 Å². The third-order valence-electron chi connectivity index (χ3n) is 4.66. The number of rotatable bonds is 3. The fourth-order valence-corrected chi connectivity index (χ4v) is 5.08. The van der Waals surface area contributed by atoms with Crippen molar-refractivity contribution in [3.63, 3.8) is 0 Å². The van der Waals surface area contributed by atoms with Crippen LogP contribution in [0.1, 0.15) is 24.8 Å². The molecule has 1 aromatic rings. The van der Waals surface area contributed by atoms with Gasteiger partial charge in [0, 0.05) is 13.6 Å². The van der Waals surface area contributed by atoms with Crippen LogP contribution in [0.5, 0.6) is 0 Å². The highest BCUT2D eigenvalue weighted by atomic mass is 32.2. The van der Waals surface area contributed by atoms with Crippen LogP contribution in [0.15, 0.2) is 29.2 Å². The van der Waals surface area contributed by atoms with Crippen molar-refractivity contribution in [1.29, 1.82) is 0 Å². The van der Waals surface area contributed by atoms with E-state index >= 15 is 0 Å². The molecule has 2 saturated heterocycles. The summed E-state index contributed by atoms with van der Waals surface area (Å²) in [6, 6.07) is 6.73. The van der Waals surface area contributed by atoms with Crippen LogP contribution < -0.4 is 5.32 Å². The molecular formula is C16H22N2O4S. The lowest BCUT2D eigenvalue weighted by atomic mass is 9.99. The van der Waals surface area contributed by atoms with Crippen LogP contribution in [0.25, 0.3) is 0 Å². The van der Waals surface area contributed by atoms with Gasteiger partial charge < -0.3 is 10.1 Å². The van der Waals surface area contributed by atoms with Crippen molar-refractivity contribution in [2.75, 3.05) is 13.6 Å². The van der Waals surface area contributed by atoms with E-state index < -0.39 is 16.1 Å². The molecule has 7 heteroatoms. The third kappa shape index (κ3) is 3.00. The number of amides is 1. The molecule has 126 valence electrons. The van der Waals surface area contributed by atoms with Crippen molar-refractivity contribution in [2.45, 2.75) is 49.3 Å². The van der Waals surface area contributed by atoms with Gasteiger partial charge in [-0.25, -0.2) is 8.42 Å². The Bertz CT molecular complexity index is 687. The van der Waals surface area contributed by atoms with Gasteiger partial charge in [0.05, 0.1) is 17.0 Å². The monoisotopic (exact) mass is 338 g/mol. The van der Waals surface area contributed by atoms with E-state index in [2.05, 4.69) is 5.32 Å². The van der Waals surface area contributed by atoms with Crippen LogP contribution in [0, 0.1) is 6.92 Å². The van der Waals surface area contributed by atoms with Gasteiger partial charge in [-0.2, -0.15) is 4.31 Å². The summed E-state index contributed by atoms with van der Waals surface area (Å²) in [7, 11) is -1.93. The van der Waals surface area contributed by atoms with E-state index in [0.717, 1.165) is 5.56 Å². The van der Waals surface area contributed by atoms with Gasteiger partial charge >= 0.3 is 0 Å². The Hall–Kier alpha value is -1.44. The van der Waals surface area contributed by atoms with E-state index in [9.17, 15) is 13.2 Å². The Balaban J connectivity index is 1.78. The number of likely N-dealkylation sites (N-methyl/N-ethyl adjacent to an activating group) is 1. The molecule has 1 N–H and O–H groups in total. The van der Waals surface area contributed by atoms with Gasteiger partial charge in [0.1, 0.15) is 6.10 Å². The number of benzene rings is 1. The highest BCUT2D eigenvalue weighted by Gasteiger charge is 2.46. The predicted octanol–water partition coefficient (Wildman–Crippen LogP) is 1.05. The molecule has 23 heavy (non-hydrogen) atoms. The molecule has 0 aromatic heterocycles. The number of fused-ring (bicyclic) bond motifs is 1. The Morgan fingerprint density at radius 1 is 1.22 bits per heavy atom. The Morgan fingerprint density at radius 3 is 2.57 bits per heavy atom. The van der Waals surface area contributed by atoms with Gasteiger partial charge in [-0.1, -0.05) is 17.7 Å². The van der Waals surface area contributed by atoms with Crippen LogP contribution in [-0.4, -0.2) is 50.5 Å². The Morgan fingerprint density at radius 2 is 1.91 bits per heavy atom. The zero-order chi connectivity index (χ0) is 16.6. The van der Waals surface area contributed by atoms with Crippen molar-refractivity contribution in [3.8, 4) is 0 Å². The summed E-state index contributed by atoms with van der Waals surface area (Å²) in [6.45, 7) is 2.36. The first kappa shape index (κ1) is 16.4. The average Bonchev–Trinajstić information content (AvgIpc) is 2.98. The molecule has 3 atom stereocenters. The highest BCUT2D eigenvalue weighted by Crippen LogP contribution is 2.35. The molecule has 2 aliphatic rings. The van der Waals surface area contributed by atoms with Gasteiger partial charge in [0.2, 0.25) is 15.9 Å². The van der Waals surface area contributed by atoms with Crippen molar-refractivity contribution >= 4 is 15.9 Å². The second-order valence-corrected chi connectivity index (χ2v) is 8.03. The molecule has 0 bridgehead atoms. The number of carbonyl (C=O) groups excluding carboxylic acids is 1. The minimum atomic E-state index is -3.52. The average molecular weight is 338 g/mol. The van der Waals surface area contributed by atoms with E-state index in [4.69, 9.17) is 4.74 Å². The van der Waals surface area contributed by atoms with Crippen molar-refractivity contribution < 1.29 is 17.9 Å². The molecule has 0 aliphatic carbocycles. The van der Waals surface area contributed by atoms with Gasteiger partial charge in [0.25, 0.3) is 0 Å². The number of sulfonamides is 1. The van der Waals surface area contributed by atoms with E-state index in [0.29, 0.717) is 30.7 Å². The number of nitrogens with zero attached hydrogens (tertiary/aromatic N) is 1. The van der Waals surface area contributed by atoms with Gasteiger partial charge in [-0.05, 0) is 38.3 Å². The second kappa shape index (κ2) is 6.22. The molecule has 3 rings (SSSR count). The van der Waals surface area contributed by atoms with Crippen molar-refractivity contribution in [3.05, 3.63) is 29.8 Å². The largest absolute Gasteiger partial charge is 0.363 e. The van der Waals surface area contributed by atoms with Gasteiger partial charge in [-0.3, -0.25) is 4.79 Å².